The molecule has 0 radical (unpaired) electrons. The van der Waals surface area contributed by atoms with Crippen molar-refractivity contribution in [1.82, 2.24) is 5.32 Å². The van der Waals surface area contributed by atoms with Crippen molar-refractivity contribution >= 4 is 18.3 Å². The number of nitrogens with one attached hydrogen (secondary N) is 1. The quantitative estimate of drug-likeness (QED) is 0.787. The molecule has 0 saturated heterocycles. The Hall–Kier alpha value is -0.530. The van der Waals surface area contributed by atoms with Crippen LogP contribution in [0, 0.1) is 5.92 Å². The molecule has 0 heterocycles. The fourth-order valence-corrected chi connectivity index (χ4v) is 2.28. The standard InChI is InChI=1S/C12H21F3N2O2.ClH/c1-8(6-19-7-12(13,14)15)17-11(18)5-9-3-2-4-10(9)16;/h8-10H,2-7,16H2,1H3,(H,17,18);1H/t8?,9-,10+;/m0./s1. The first-order chi connectivity index (χ1) is 8.78. The third-order valence-corrected chi connectivity index (χ3v) is 3.21. The van der Waals surface area contributed by atoms with E-state index < -0.39 is 18.8 Å². The van der Waals surface area contributed by atoms with Crippen LogP contribution in [0.3, 0.4) is 0 Å². The van der Waals surface area contributed by atoms with E-state index in [2.05, 4.69) is 10.1 Å². The van der Waals surface area contributed by atoms with Gasteiger partial charge < -0.3 is 15.8 Å². The highest BCUT2D eigenvalue weighted by Crippen LogP contribution is 2.26. The number of halogens is 4. The first-order valence-electron chi connectivity index (χ1n) is 6.47. The summed E-state index contributed by atoms with van der Waals surface area (Å²) in [7, 11) is 0. The van der Waals surface area contributed by atoms with E-state index in [9.17, 15) is 18.0 Å². The van der Waals surface area contributed by atoms with Crippen LogP contribution in [0.2, 0.25) is 0 Å². The summed E-state index contributed by atoms with van der Waals surface area (Å²) in [5.41, 5.74) is 5.86. The van der Waals surface area contributed by atoms with Crippen LogP contribution in [0.5, 0.6) is 0 Å². The van der Waals surface area contributed by atoms with E-state index in [4.69, 9.17) is 5.73 Å². The van der Waals surface area contributed by atoms with E-state index in [1.54, 1.807) is 6.92 Å². The third-order valence-electron chi connectivity index (χ3n) is 3.21. The van der Waals surface area contributed by atoms with E-state index >= 15 is 0 Å². The van der Waals surface area contributed by atoms with Gasteiger partial charge in [-0.1, -0.05) is 6.42 Å². The molecule has 8 heteroatoms. The number of carbonyl (C=O) groups is 1. The molecule has 3 N–H and O–H groups in total. The predicted octanol–water partition coefficient (Wildman–Crippen LogP) is 2.01. The summed E-state index contributed by atoms with van der Waals surface area (Å²) in [6, 6.07) is -0.380. The number of nitrogens with two attached hydrogens (primary N) is 1. The largest absolute Gasteiger partial charge is 0.411 e. The Kier molecular flexibility index (Phi) is 8.46. The molecule has 3 atom stereocenters. The zero-order valence-corrected chi connectivity index (χ0v) is 12.2. The lowest BCUT2D eigenvalue weighted by Crippen LogP contribution is -2.39. The number of amides is 1. The van der Waals surface area contributed by atoms with Crippen LogP contribution in [0.1, 0.15) is 32.6 Å². The van der Waals surface area contributed by atoms with Crippen LogP contribution >= 0.6 is 12.4 Å². The molecule has 1 fully saturated rings. The number of carbonyl (C=O) groups excluding carboxylic acids is 1. The minimum Gasteiger partial charge on any atom is -0.370 e. The molecule has 120 valence electrons. The Balaban J connectivity index is 0.00000361. The summed E-state index contributed by atoms with van der Waals surface area (Å²) in [6.07, 6.45) is -1.09. The molecule has 0 aromatic carbocycles. The number of ether oxygens (including phenoxy) is 1. The predicted molar refractivity (Wildman–Crippen MR) is 71.7 cm³/mol. The molecule has 1 saturated carbocycles. The zero-order valence-electron chi connectivity index (χ0n) is 11.4. The molecular formula is C12H22ClF3N2O2. The zero-order chi connectivity index (χ0) is 14.5. The molecule has 20 heavy (non-hydrogen) atoms. The van der Waals surface area contributed by atoms with E-state index in [-0.39, 0.29) is 36.9 Å². The van der Waals surface area contributed by atoms with Gasteiger partial charge in [0.05, 0.1) is 6.61 Å². The summed E-state index contributed by atoms with van der Waals surface area (Å²) in [5.74, 6) is 0.00810. The van der Waals surface area contributed by atoms with Gasteiger partial charge in [0.15, 0.2) is 0 Å². The molecular weight excluding hydrogens is 297 g/mol. The van der Waals surface area contributed by atoms with Crippen molar-refractivity contribution in [3.63, 3.8) is 0 Å². The summed E-state index contributed by atoms with van der Waals surface area (Å²) >= 11 is 0. The average molecular weight is 319 g/mol. The molecule has 0 aromatic rings. The summed E-state index contributed by atoms with van der Waals surface area (Å²) in [4.78, 5) is 11.7. The molecule has 0 aromatic heterocycles. The molecule has 1 unspecified atom stereocenters. The smallest absolute Gasteiger partial charge is 0.370 e. The minimum absolute atomic E-state index is 0. The molecule has 1 rings (SSSR count). The summed E-state index contributed by atoms with van der Waals surface area (Å²) in [5, 5.41) is 2.63. The second-order valence-electron chi connectivity index (χ2n) is 5.16. The molecule has 1 amide bonds. The lowest BCUT2D eigenvalue weighted by molar-refractivity contribution is -0.175. The van der Waals surface area contributed by atoms with Crippen LogP contribution in [-0.4, -0.2) is 37.4 Å². The molecule has 1 aliphatic rings. The maximum absolute atomic E-state index is 11.9. The SMILES string of the molecule is CC(COCC(F)(F)F)NC(=O)C[C@@H]1CCC[C@H]1N.Cl. The van der Waals surface area contributed by atoms with E-state index in [1.807, 2.05) is 0 Å². The normalized spacial score (nSPS) is 24.1. The van der Waals surface area contributed by atoms with Crippen LogP contribution < -0.4 is 11.1 Å². The van der Waals surface area contributed by atoms with E-state index in [0.29, 0.717) is 6.42 Å². The lowest BCUT2D eigenvalue weighted by atomic mass is 10.00. The van der Waals surface area contributed by atoms with Crippen molar-refractivity contribution in [2.24, 2.45) is 11.7 Å². The molecule has 0 spiro atoms. The molecule has 4 nitrogen and oxygen atoms in total. The van der Waals surface area contributed by atoms with Crippen molar-refractivity contribution in [1.29, 1.82) is 0 Å². The minimum atomic E-state index is -4.33. The maximum atomic E-state index is 11.9. The lowest BCUT2D eigenvalue weighted by Gasteiger charge is -2.18. The maximum Gasteiger partial charge on any atom is 0.411 e. The Bertz CT molecular complexity index is 303. The van der Waals surface area contributed by atoms with Crippen LogP contribution in [0.15, 0.2) is 0 Å². The second kappa shape index (κ2) is 8.69. The summed E-state index contributed by atoms with van der Waals surface area (Å²) < 4.78 is 40.1. The third kappa shape index (κ3) is 7.91. The Morgan fingerprint density at radius 3 is 2.60 bits per heavy atom. The van der Waals surface area contributed by atoms with Gasteiger partial charge in [0.25, 0.3) is 0 Å². The average Bonchev–Trinajstić information content (AvgIpc) is 2.62. The first-order valence-corrected chi connectivity index (χ1v) is 6.47. The number of hydrogen-bond acceptors (Lipinski definition) is 3. The van der Waals surface area contributed by atoms with Crippen molar-refractivity contribution < 1.29 is 22.7 Å². The van der Waals surface area contributed by atoms with Gasteiger partial charge in [-0.2, -0.15) is 13.2 Å². The van der Waals surface area contributed by atoms with Gasteiger partial charge in [-0.3, -0.25) is 4.79 Å². The van der Waals surface area contributed by atoms with Gasteiger partial charge in [0.2, 0.25) is 5.91 Å². The van der Waals surface area contributed by atoms with Gasteiger partial charge in [-0.15, -0.1) is 12.4 Å². The fourth-order valence-electron chi connectivity index (χ4n) is 2.28. The highest BCUT2D eigenvalue weighted by Gasteiger charge is 2.28. The van der Waals surface area contributed by atoms with Crippen molar-refractivity contribution in [2.45, 2.75) is 50.9 Å². The highest BCUT2D eigenvalue weighted by atomic mass is 35.5. The monoisotopic (exact) mass is 318 g/mol. The molecule has 0 aliphatic heterocycles. The van der Waals surface area contributed by atoms with Crippen molar-refractivity contribution in [2.75, 3.05) is 13.2 Å². The van der Waals surface area contributed by atoms with Crippen molar-refractivity contribution in [3.05, 3.63) is 0 Å². The molecule has 1 aliphatic carbocycles. The Labute approximate surface area is 123 Å². The van der Waals surface area contributed by atoms with Gasteiger partial charge >= 0.3 is 6.18 Å². The van der Waals surface area contributed by atoms with Gasteiger partial charge in [-0.25, -0.2) is 0 Å². The van der Waals surface area contributed by atoms with Crippen LogP contribution in [-0.2, 0) is 9.53 Å². The Morgan fingerprint density at radius 2 is 2.10 bits per heavy atom. The second-order valence-corrected chi connectivity index (χ2v) is 5.16. The number of hydrogen-bond donors (Lipinski definition) is 2. The summed E-state index contributed by atoms with van der Waals surface area (Å²) in [6.45, 7) is 0.172. The van der Waals surface area contributed by atoms with Gasteiger partial charge in [0.1, 0.15) is 6.61 Å². The van der Waals surface area contributed by atoms with Crippen LogP contribution in [0.25, 0.3) is 0 Å². The highest BCUT2D eigenvalue weighted by molar-refractivity contribution is 5.85. The number of rotatable bonds is 6. The van der Waals surface area contributed by atoms with Crippen molar-refractivity contribution in [3.8, 4) is 0 Å². The fraction of sp³-hybridized carbons (Fsp3) is 0.917. The van der Waals surface area contributed by atoms with E-state index in [0.717, 1.165) is 19.3 Å². The van der Waals surface area contributed by atoms with Gasteiger partial charge in [0, 0.05) is 18.5 Å². The molecule has 0 bridgehead atoms. The van der Waals surface area contributed by atoms with Gasteiger partial charge in [-0.05, 0) is 25.7 Å². The van der Waals surface area contributed by atoms with Crippen LogP contribution in [0.4, 0.5) is 13.2 Å². The first kappa shape index (κ1) is 19.5. The van der Waals surface area contributed by atoms with E-state index in [1.165, 1.54) is 0 Å². The number of alkyl halides is 3. The Morgan fingerprint density at radius 1 is 1.45 bits per heavy atom. The topological polar surface area (TPSA) is 64.3 Å².